The second-order valence-electron chi connectivity index (χ2n) is 4.93. The number of nitrogens with one attached hydrogen (secondary N) is 1. The Morgan fingerprint density at radius 1 is 1.23 bits per heavy atom. The highest BCUT2D eigenvalue weighted by Gasteiger charge is 2.11. The van der Waals surface area contributed by atoms with Crippen LogP contribution in [0.5, 0.6) is 0 Å². The first-order valence-corrected chi connectivity index (χ1v) is 8.87. The van der Waals surface area contributed by atoms with Crippen molar-refractivity contribution < 1.29 is 9.18 Å². The molecule has 0 aliphatic rings. The van der Waals surface area contributed by atoms with Crippen molar-refractivity contribution in [3.63, 3.8) is 0 Å². The van der Waals surface area contributed by atoms with Crippen LogP contribution in [0.3, 0.4) is 0 Å². The summed E-state index contributed by atoms with van der Waals surface area (Å²) in [7, 11) is 0. The molecular formula is C17H17BrFNOS. The predicted molar refractivity (Wildman–Crippen MR) is 93.3 cm³/mol. The van der Waals surface area contributed by atoms with Gasteiger partial charge in [-0.2, -0.15) is 0 Å². The van der Waals surface area contributed by atoms with Gasteiger partial charge in [0.05, 0.1) is 11.8 Å². The molecule has 2 aromatic carbocycles. The third-order valence-corrected chi connectivity index (χ3v) is 4.89. The van der Waals surface area contributed by atoms with Gasteiger partial charge in [0, 0.05) is 10.2 Å². The van der Waals surface area contributed by atoms with Crippen LogP contribution in [-0.4, -0.2) is 11.7 Å². The number of carbonyl (C=O) groups is 1. The molecule has 0 aliphatic carbocycles. The minimum atomic E-state index is -0.242. The lowest BCUT2D eigenvalue weighted by Gasteiger charge is -2.15. The molecule has 1 N–H and O–H groups in total. The smallest absolute Gasteiger partial charge is 0.230 e. The summed E-state index contributed by atoms with van der Waals surface area (Å²) in [5.41, 5.74) is 2.07. The highest BCUT2D eigenvalue weighted by molar-refractivity contribution is 9.10. The van der Waals surface area contributed by atoms with Crippen LogP contribution in [0, 0.1) is 5.82 Å². The summed E-state index contributed by atoms with van der Waals surface area (Å²) >= 11 is 5.00. The van der Waals surface area contributed by atoms with Crippen molar-refractivity contribution in [1.29, 1.82) is 0 Å². The average Bonchev–Trinajstić information content (AvgIpc) is 2.49. The standard InChI is InChI=1S/C17H17BrFNOS/c1-12(15-4-2-3-5-16(15)18)20-17(21)11-22-10-13-6-8-14(19)9-7-13/h2-9,12H,10-11H2,1H3,(H,20,21)/t12-/m1/s1. The Labute approximate surface area is 142 Å². The number of hydrogen-bond donors (Lipinski definition) is 1. The van der Waals surface area contributed by atoms with Crippen LogP contribution in [0.15, 0.2) is 53.0 Å². The zero-order valence-electron chi connectivity index (χ0n) is 12.2. The van der Waals surface area contributed by atoms with Crippen molar-refractivity contribution in [3.05, 3.63) is 69.9 Å². The maximum absolute atomic E-state index is 12.8. The van der Waals surface area contributed by atoms with Gasteiger partial charge in [-0.05, 0) is 36.2 Å². The minimum Gasteiger partial charge on any atom is -0.349 e. The van der Waals surface area contributed by atoms with Crippen LogP contribution in [0.25, 0.3) is 0 Å². The van der Waals surface area contributed by atoms with E-state index in [-0.39, 0.29) is 17.8 Å². The molecule has 0 bridgehead atoms. The largest absolute Gasteiger partial charge is 0.349 e. The van der Waals surface area contributed by atoms with Crippen LogP contribution >= 0.6 is 27.7 Å². The molecule has 0 saturated carbocycles. The van der Waals surface area contributed by atoms with Gasteiger partial charge in [-0.3, -0.25) is 4.79 Å². The summed E-state index contributed by atoms with van der Waals surface area (Å²) in [5, 5.41) is 2.98. The highest BCUT2D eigenvalue weighted by Crippen LogP contribution is 2.22. The van der Waals surface area contributed by atoms with E-state index < -0.39 is 0 Å². The number of amides is 1. The number of carbonyl (C=O) groups excluding carboxylic acids is 1. The maximum atomic E-state index is 12.8. The van der Waals surface area contributed by atoms with Crippen molar-refractivity contribution in [2.24, 2.45) is 0 Å². The Hall–Kier alpha value is -1.33. The molecular weight excluding hydrogens is 365 g/mol. The molecule has 0 aliphatic heterocycles. The van der Waals surface area contributed by atoms with Gasteiger partial charge in [0.2, 0.25) is 5.91 Å². The zero-order chi connectivity index (χ0) is 15.9. The average molecular weight is 382 g/mol. The van der Waals surface area contributed by atoms with Crippen LogP contribution < -0.4 is 5.32 Å². The SMILES string of the molecule is C[C@@H](NC(=O)CSCc1ccc(F)cc1)c1ccccc1Br. The second kappa shape index (κ2) is 8.34. The molecule has 2 nitrogen and oxygen atoms in total. The van der Waals surface area contributed by atoms with E-state index in [4.69, 9.17) is 0 Å². The summed E-state index contributed by atoms with van der Waals surface area (Å²) in [6, 6.07) is 14.1. The lowest BCUT2D eigenvalue weighted by atomic mass is 10.1. The molecule has 0 spiro atoms. The van der Waals surface area contributed by atoms with Gasteiger partial charge < -0.3 is 5.32 Å². The van der Waals surface area contributed by atoms with E-state index in [1.54, 1.807) is 12.1 Å². The lowest BCUT2D eigenvalue weighted by Crippen LogP contribution is -2.28. The Morgan fingerprint density at radius 3 is 2.59 bits per heavy atom. The summed E-state index contributed by atoms with van der Waals surface area (Å²) in [5.74, 6) is 0.827. The van der Waals surface area contributed by atoms with Gasteiger partial charge in [0.1, 0.15) is 5.82 Å². The molecule has 0 aromatic heterocycles. The minimum absolute atomic E-state index is 0.00429. The monoisotopic (exact) mass is 381 g/mol. The molecule has 1 amide bonds. The first kappa shape index (κ1) is 17.0. The Morgan fingerprint density at radius 2 is 1.91 bits per heavy atom. The Kier molecular flexibility index (Phi) is 6.46. The molecule has 1 atom stereocenters. The van der Waals surface area contributed by atoms with Crippen molar-refractivity contribution in [2.75, 3.05) is 5.75 Å². The third kappa shape index (κ3) is 5.14. The number of hydrogen-bond acceptors (Lipinski definition) is 2. The second-order valence-corrected chi connectivity index (χ2v) is 6.77. The molecule has 22 heavy (non-hydrogen) atoms. The van der Waals surface area contributed by atoms with Crippen molar-refractivity contribution in [3.8, 4) is 0 Å². The molecule has 2 aromatic rings. The Bertz CT molecular complexity index is 633. The fourth-order valence-corrected chi connectivity index (χ4v) is 3.46. The molecule has 0 saturated heterocycles. The number of benzene rings is 2. The van der Waals surface area contributed by atoms with Gasteiger partial charge in [-0.1, -0.05) is 46.3 Å². The van der Waals surface area contributed by atoms with E-state index in [1.807, 2.05) is 31.2 Å². The molecule has 116 valence electrons. The molecule has 2 rings (SSSR count). The third-order valence-electron chi connectivity index (χ3n) is 3.16. The van der Waals surface area contributed by atoms with Crippen molar-refractivity contribution >= 4 is 33.6 Å². The van der Waals surface area contributed by atoms with Gasteiger partial charge in [-0.15, -0.1) is 11.8 Å². The molecule has 0 unspecified atom stereocenters. The highest BCUT2D eigenvalue weighted by atomic mass is 79.9. The number of rotatable bonds is 6. The van der Waals surface area contributed by atoms with E-state index in [0.29, 0.717) is 11.5 Å². The molecule has 0 heterocycles. The lowest BCUT2D eigenvalue weighted by molar-refractivity contribution is -0.119. The van der Waals surface area contributed by atoms with Gasteiger partial charge in [0.25, 0.3) is 0 Å². The number of halogens is 2. The normalized spacial score (nSPS) is 12.0. The molecule has 0 radical (unpaired) electrons. The van der Waals surface area contributed by atoms with E-state index >= 15 is 0 Å². The number of thioether (sulfide) groups is 1. The first-order valence-electron chi connectivity index (χ1n) is 6.92. The van der Waals surface area contributed by atoms with E-state index in [9.17, 15) is 9.18 Å². The van der Waals surface area contributed by atoms with Crippen LogP contribution in [0.1, 0.15) is 24.1 Å². The topological polar surface area (TPSA) is 29.1 Å². The van der Waals surface area contributed by atoms with Gasteiger partial charge in [-0.25, -0.2) is 4.39 Å². The van der Waals surface area contributed by atoms with E-state index in [0.717, 1.165) is 15.6 Å². The van der Waals surface area contributed by atoms with Crippen molar-refractivity contribution in [2.45, 2.75) is 18.7 Å². The predicted octanol–water partition coefficient (Wildman–Crippen LogP) is 4.70. The van der Waals surface area contributed by atoms with E-state index in [1.165, 1.54) is 23.9 Å². The fourth-order valence-electron chi connectivity index (χ4n) is 2.03. The molecule has 0 fully saturated rings. The van der Waals surface area contributed by atoms with Crippen LogP contribution in [0.4, 0.5) is 4.39 Å². The summed E-state index contributed by atoms with van der Waals surface area (Å²) in [4.78, 5) is 12.0. The Balaban J connectivity index is 1.78. The first-order chi connectivity index (χ1) is 10.6. The maximum Gasteiger partial charge on any atom is 0.230 e. The summed E-state index contributed by atoms with van der Waals surface area (Å²) in [6.45, 7) is 1.96. The zero-order valence-corrected chi connectivity index (χ0v) is 14.6. The van der Waals surface area contributed by atoms with Crippen LogP contribution in [-0.2, 0) is 10.5 Å². The van der Waals surface area contributed by atoms with Gasteiger partial charge >= 0.3 is 0 Å². The molecule has 5 heteroatoms. The van der Waals surface area contributed by atoms with Crippen molar-refractivity contribution in [1.82, 2.24) is 5.32 Å². The fraction of sp³-hybridized carbons (Fsp3) is 0.235. The summed E-state index contributed by atoms with van der Waals surface area (Å²) < 4.78 is 13.8. The van der Waals surface area contributed by atoms with E-state index in [2.05, 4.69) is 21.2 Å². The quantitative estimate of drug-likeness (QED) is 0.785. The van der Waals surface area contributed by atoms with Crippen LogP contribution in [0.2, 0.25) is 0 Å². The van der Waals surface area contributed by atoms with Gasteiger partial charge in [0.15, 0.2) is 0 Å². The summed E-state index contributed by atoms with van der Waals surface area (Å²) in [6.07, 6.45) is 0.